The monoisotopic (exact) mass is 163 g/mol. The Morgan fingerprint density at radius 2 is 1.83 bits per heavy atom. The van der Waals surface area contributed by atoms with Gasteiger partial charge in [-0.05, 0) is 24.8 Å². The molecule has 0 heterocycles. The molecule has 1 aromatic carbocycles. The van der Waals surface area contributed by atoms with E-state index in [2.05, 4.69) is 17.0 Å². The summed E-state index contributed by atoms with van der Waals surface area (Å²) in [6, 6.07) is 10.3. The fourth-order valence-electron chi connectivity index (χ4n) is 1.14. The van der Waals surface area contributed by atoms with Crippen molar-refractivity contribution in [1.29, 1.82) is 0 Å². The van der Waals surface area contributed by atoms with Crippen molar-refractivity contribution in [3.63, 3.8) is 0 Å². The minimum absolute atomic E-state index is 0.437. The van der Waals surface area contributed by atoms with Crippen LogP contribution >= 0.6 is 0 Å². The maximum atomic E-state index is 8.06. The van der Waals surface area contributed by atoms with Gasteiger partial charge in [0.05, 0.1) is 6.61 Å². The summed E-state index contributed by atoms with van der Waals surface area (Å²) in [6.07, 6.45) is 3.03. The van der Waals surface area contributed by atoms with E-state index >= 15 is 0 Å². The molecule has 0 N–H and O–H groups in total. The Kier molecular flexibility index (Phi) is 4.42. The summed E-state index contributed by atoms with van der Waals surface area (Å²) in [5.41, 5.74) is 1.34. The van der Waals surface area contributed by atoms with Crippen molar-refractivity contribution < 1.29 is 4.84 Å². The molecule has 0 saturated heterocycles. The Morgan fingerprint density at radius 1 is 1.08 bits per heavy atom. The molecule has 2 radical (unpaired) electrons. The third-order valence-electron chi connectivity index (χ3n) is 1.79. The van der Waals surface area contributed by atoms with Gasteiger partial charge in [0.1, 0.15) is 0 Å². The van der Waals surface area contributed by atoms with E-state index in [4.69, 9.17) is 5.90 Å². The molecule has 2 heteroatoms. The van der Waals surface area contributed by atoms with Gasteiger partial charge < -0.3 is 0 Å². The van der Waals surface area contributed by atoms with Crippen molar-refractivity contribution in [2.24, 2.45) is 0 Å². The predicted molar refractivity (Wildman–Crippen MR) is 47.5 cm³/mol. The van der Waals surface area contributed by atoms with Crippen LogP contribution in [-0.4, -0.2) is 6.61 Å². The molecule has 0 aliphatic carbocycles. The highest BCUT2D eigenvalue weighted by Gasteiger charge is 1.91. The summed E-state index contributed by atoms with van der Waals surface area (Å²) in [5, 5.41) is 0. The highest BCUT2D eigenvalue weighted by molar-refractivity contribution is 5.14. The van der Waals surface area contributed by atoms with Crippen molar-refractivity contribution in [3.05, 3.63) is 35.9 Å². The molecule has 0 spiro atoms. The van der Waals surface area contributed by atoms with E-state index in [-0.39, 0.29) is 0 Å². The van der Waals surface area contributed by atoms with E-state index in [1.165, 1.54) is 5.56 Å². The van der Waals surface area contributed by atoms with Crippen LogP contribution in [0.25, 0.3) is 0 Å². The molecule has 64 valence electrons. The highest BCUT2D eigenvalue weighted by Crippen LogP contribution is 2.03. The number of nitrogens with zero attached hydrogens (tertiary/aromatic N) is 1. The van der Waals surface area contributed by atoms with Crippen molar-refractivity contribution in [3.8, 4) is 0 Å². The topological polar surface area (TPSA) is 31.5 Å². The van der Waals surface area contributed by atoms with Crippen LogP contribution in [0.1, 0.15) is 18.4 Å². The average molecular weight is 163 g/mol. The van der Waals surface area contributed by atoms with Crippen molar-refractivity contribution in [2.75, 3.05) is 6.61 Å². The third-order valence-corrected chi connectivity index (χ3v) is 1.79. The lowest BCUT2D eigenvalue weighted by atomic mass is 10.1. The Bertz CT molecular complexity index is 198. The minimum atomic E-state index is 0.437. The van der Waals surface area contributed by atoms with Crippen LogP contribution in [0.4, 0.5) is 0 Å². The normalized spacial score (nSPS) is 10.1. The second-order valence-corrected chi connectivity index (χ2v) is 2.78. The van der Waals surface area contributed by atoms with Gasteiger partial charge >= 0.3 is 0 Å². The van der Waals surface area contributed by atoms with E-state index in [9.17, 15) is 0 Å². The smallest absolute Gasteiger partial charge is 0.0720 e. The molecule has 0 unspecified atom stereocenters. The average Bonchev–Trinajstić information content (AvgIpc) is 2.14. The van der Waals surface area contributed by atoms with Gasteiger partial charge in [-0.15, -0.1) is 0 Å². The molecule has 1 rings (SSSR count). The maximum Gasteiger partial charge on any atom is 0.0720 e. The molecule has 0 aliphatic heterocycles. The van der Waals surface area contributed by atoms with E-state index in [0.717, 1.165) is 19.3 Å². The van der Waals surface area contributed by atoms with Crippen LogP contribution in [0.3, 0.4) is 0 Å². The Balaban J connectivity index is 2.16. The minimum Gasteiger partial charge on any atom is -0.264 e. The van der Waals surface area contributed by atoms with E-state index in [0.29, 0.717) is 6.61 Å². The molecule has 0 atom stereocenters. The molecular formula is C10H13NO. The van der Waals surface area contributed by atoms with Crippen LogP contribution in [-0.2, 0) is 11.3 Å². The van der Waals surface area contributed by atoms with Crippen LogP contribution in [0, 0.1) is 0 Å². The lowest BCUT2D eigenvalue weighted by molar-refractivity contribution is 0.115. The second-order valence-electron chi connectivity index (χ2n) is 2.78. The third kappa shape index (κ3) is 3.51. The van der Waals surface area contributed by atoms with Gasteiger partial charge in [0.2, 0.25) is 0 Å². The van der Waals surface area contributed by atoms with Gasteiger partial charge in [-0.1, -0.05) is 30.3 Å². The van der Waals surface area contributed by atoms with Crippen LogP contribution in [0.15, 0.2) is 30.3 Å². The van der Waals surface area contributed by atoms with Gasteiger partial charge in [0.25, 0.3) is 0 Å². The predicted octanol–water partition coefficient (Wildman–Crippen LogP) is 2.01. The molecule has 12 heavy (non-hydrogen) atoms. The molecule has 0 fully saturated rings. The van der Waals surface area contributed by atoms with E-state index in [1.54, 1.807) is 0 Å². The van der Waals surface area contributed by atoms with Gasteiger partial charge in [-0.3, -0.25) is 4.84 Å². The number of unbranched alkanes of at least 4 members (excludes halogenated alkanes) is 1. The first-order valence-corrected chi connectivity index (χ1v) is 4.24. The number of rotatable bonds is 5. The summed E-state index contributed by atoms with van der Waals surface area (Å²) in [6.45, 7) is 0.437. The molecule has 0 aliphatic rings. The molecule has 0 saturated carbocycles. The van der Waals surface area contributed by atoms with Crippen LogP contribution in [0.2, 0.25) is 0 Å². The molecular weight excluding hydrogens is 150 g/mol. The van der Waals surface area contributed by atoms with Gasteiger partial charge in [-0.2, -0.15) is 0 Å². The first-order chi connectivity index (χ1) is 5.93. The summed E-state index contributed by atoms with van der Waals surface area (Å²) >= 11 is 0. The molecule has 0 amide bonds. The summed E-state index contributed by atoms with van der Waals surface area (Å²) in [5.74, 6) is 8.06. The summed E-state index contributed by atoms with van der Waals surface area (Å²) in [7, 11) is 0. The fraction of sp³-hybridized carbons (Fsp3) is 0.400. The van der Waals surface area contributed by atoms with Gasteiger partial charge in [0, 0.05) is 5.90 Å². The Morgan fingerprint density at radius 3 is 2.50 bits per heavy atom. The van der Waals surface area contributed by atoms with Crippen LogP contribution in [0.5, 0.6) is 0 Å². The van der Waals surface area contributed by atoms with E-state index < -0.39 is 0 Å². The first-order valence-electron chi connectivity index (χ1n) is 4.24. The zero-order chi connectivity index (χ0) is 8.65. The van der Waals surface area contributed by atoms with Crippen molar-refractivity contribution in [1.82, 2.24) is 5.90 Å². The molecule has 2 nitrogen and oxygen atoms in total. The molecule has 1 aromatic rings. The maximum absolute atomic E-state index is 8.06. The Hall–Kier alpha value is -0.860. The lowest BCUT2D eigenvalue weighted by Crippen LogP contribution is -1.92. The Labute approximate surface area is 73.3 Å². The molecule has 0 bridgehead atoms. The van der Waals surface area contributed by atoms with Crippen molar-refractivity contribution >= 4 is 0 Å². The number of hydrogen-bond donors (Lipinski definition) is 0. The quantitative estimate of drug-likeness (QED) is 0.482. The number of benzene rings is 1. The number of aryl methyl sites for hydroxylation is 1. The second kappa shape index (κ2) is 5.75. The van der Waals surface area contributed by atoms with Crippen molar-refractivity contribution in [2.45, 2.75) is 19.3 Å². The lowest BCUT2D eigenvalue weighted by Gasteiger charge is -1.98. The fourth-order valence-corrected chi connectivity index (χ4v) is 1.14. The summed E-state index contributed by atoms with van der Waals surface area (Å²) in [4.78, 5) is 3.98. The first kappa shape index (κ1) is 9.23. The van der Waals surface area contributed by atoms with Gasteiger partial charge in [0.15, 0.2) is 0 Å². The zero-order valence-corrected chi connectivity index (χ0v) is 7.07. The standard InChI is InChI=1S/C10H13NO/c11-12-9-5-4-8-10-6-2-1-3-7-10/h1-3,6-7H,4-5,8-9H2. The largest absolute Gasteiger partial charge is 0.264 e. The SMILES string of the molecule is [N]OCCCCc1ccccc1. The zero-order valence-electron chi connectivity index (χ0n) is 7.07. The summed E-state index contributed by atoms with van der Waals surface area (Å²) < 4.78 is 0. The molecule has 0 aromatic heterocycles. The number of hydrogen-bond acceptors (Lipinski definition) is 1. The van der Waals surface area contributed by atoms with Crippen LogP contribution < -0.4 is 5.90 Å². The van der Waals surface area contributed by atoms with E-state index in [1.807, 2.05) is 18.2 Å². The highest BCUT2D eigenvalue weighted by atomic mass is 16.6. The van der Waals surface area contributed by atoms with Gasteiger partial charge in [-0.25, -0.2) is 0 Å².